The van der Waals surface area contributed by atoms with E-state index in [1.165, 1.54) is 0 Å². The second kappa shape index (κ2) is 5.80. The van der Waals surface area contributed by atoms with Crippen LogP contribution in [0.5, 0.6) is 0 Å². The van der Waals surface area contributed by atoms with Gasteiger partial charge in [-0.05, 0) is 24.8 Å². The van der Waals surface area contributed by atoms with E-state index in [0.717, 1.165) is 11.4 Å². The van der Waals surface area contributed by atoms with E-state index in [1.54, 1.807) is 0 Å². The van der Waals surface area contributed by atoms with E-state index >= 15 is 0 Å². The van der Waals surface area contributed by atoms with Crippen LogP contribution in [-0.4, -0.2) is 27.1 Å². The zero-order valence-electron chi connectivity index (χ0n) is 11.6. The Bertz CT molecular complexity index is 430. The third kappa shape index (κ3) is 3.68. The number of hydrogen-bond acceptors (Lipinski definition) is 4. The summed E-state index contributed by atoms with van der Waals surface area (Å²) in [6.07, 6.45) is 0. The lowest BCUT2D eigenvalue weighted by Crippen LogP contribution is -2.35. The number of aliphatic carboxylic acids is 1. The molecule has 5 nitrogen and oxygen atoms in total. The number of carboxylic acids is 1. The molecule has 0 fully saturated rings. The number of rotatable bonds is 5. The number of carbonyl (C=O) groups is 1. The Hall–Kier alpha value is -1.65. The van der Waals surface area contributed by atoms with Gasteiger partial charge in [-0.15, -0.1) is 0 Å². The highest BCUT2D eigenvalue weighted by Gasteiger charge is 2.22. The smallest absolute Gasteiger partial charge is 0.326 e. The van der Waals surface area contributed by atoms with Gasteiger partial charge in [-0.2, -0.15) is 0 Å². The lowest BCUT2D eigenvalue weighted by atomic mass is 10.1. The van der Waals surface area contributed by atoms with Crippen LogP contribution in [0.2, 0.25) is 0 Å². The summed E-state index contributed by atoms with van der Waals surface area (Å²) < 4.78 is 0. The molecule has 0 amide bonds. The molecule has 0 aliphatic heterocycles. The Morgan fingerprint density at radius 2 is 1.89 bits per heavy atom. The van der Waals surface area contributed by atoms with Crippen LogP contribution >= 0.6 is 0 Å². The van der Waals surface area contributed by atoms with Crippen LogP contribution in [0.1, 0.15) is 45.0 Å². The Morgan fingerprint density at radius 3 is 2.33 bits per heavy atom. The van der Waals surface area contributed by atoms with Crippen LogP contribution in [0.4, 0.5) is 5.95 Å². The highest BCUT2D eigenvalue weighted by molar-refractivity contribution is 5.76. The molecule has 0 aliphatic carbocycles. The van der Waals surface area contributed by atoms with Gasteiger partial charge in [0.05, 0.1) is 0 Å². The first-order valence-electron chi connectivity index (χ1n) is 6.16. The van der Waals surface area contributed by atoms with E-state index in [0.29, 0.717) is 5.95 Å². The van der Waals surface area contributed by atoms with Crippen molar-refractivity contribution in [3.05, 3.63) is 17.5 Å². The Balaban J connectivity index is 2.99. The predicted molar refractivity (Wildman–Crippen MR) is 70.7 cm³/mol. The van der Waals surface area contributed by atoms with E-state index in [2.05, 4.69) is 15.3 Å². The van der Waals surface area contributed by atoms with Crippen LogP contribution in [0.25, 0.3) is 0 Å². The lowest BCUT2D eigenvalue weighted by molar-refractivity contribution is -0.138. The summed E-state index contributed by atoms with van der Waals surface area (Å²) in [5, 5.41) is 12.0. The normalized spacial score (nSPS) is 12.8. The molecule has 1 aromatic heterocycles. The minimum Gasteiger partial charge on any atom is -0.480 e. The van der Waals surface area contributed by atoms with Gasteiger partial charge in [0, 0.05) is 11.4 Å². The summed E-state index contributed by atoms with van der Waals surface area (Å²) in [7, 11) is 0. The fraction of sp³-hybridized carbons (Fsp3) is 0.615. The summed E-state index contributed by atoms with van der Waals surface area (Å²) in [5.41, 5.74) is 1.75. The molecule has 1 heterocycles. The highest BCUT2D eigenvalue weighted by atomic mass is 16.4. The maximum atomic E-state index is 11.1. The molecule has 18 heavy (non-hydrogen) atoms. The molecule has 1 unspecified atom stereocenters. The maximum absolute atomic E-state index is 11.1. The van der Waals surface area contributed by atoms with E-state index in [4.69, 9.17) is 5.11 Å². The van der Waals surface area contributed by atoms with E-state index in [9.17, 15) is 4.79 Å². The van der Waals surface area contributed by atoms with Crippen LogP contribution < -0.4 is 5.32 Å². The standard InChI is InChI=1S/C13H21N3O2/c1-7(2)10-6-9(5)14-13(15-10)16-11(8(3)4)12(17)18/h6-8,11H,1-5H3,(H,17,18)(H,14,15,16). The van der Waals surface area contributed by atoms with E-state index in [-0.39, 0.29) is 11.8 Å². The average molecular weight is 251 g/mol. The highest BCUT2D eigenvalue weighted by Crippen LogP contribution is 2.16. The van der Waals surface area contributed by atoms with Crippen LogP contribution in [0.3, 0.4) is 0 Å². The molecule has 1 aromatic rings. The monoisotopic (exact) mass is 251 g/mol. The Labute approximate surface area is 108 Å². The van der Waals surface area contributed by atoms with Crippen LogP contribution in [0.15, 0.2) is 6.07 Å². The van der Waals surface area contributed by atoms with Crippen molar-refractivity contribution < 1.29 is 9.90 Å². The first-order valence-corrected chi connectivity index (χ1v) is 6.16. The van der Waals surface area contributed by atoms with Crippen molar-refractivity contribution in [3.8, 4) is 0 Å². The summed E-state index contributed by atoms with van der Waals surface area (Å²) in [4.78, 5) is 19.7. The van der Waals surface area contributed by atoms with Gasteiger partial charge in [0.15, 0.2) is 0 Å². The first kappa shape index (κ1) is 14.4. The fourth-order valence-corrected chi connectivity index (χ4v) is 1.61. The Kier molecular flexibility index (Phi) is 4.64. The van der Waals surface area contributed by atoms with Crippen molar-refractivity contribution in [3.63, 3.8) is 0 Å². The van der Waals surface area contributed by atoms with Crippen molar-refractivity contribution in [2.45, 2.75) is 46.6 Å². The molecule has 2 N–H and O–H groups in total. The zero-order valence-corrected chi connectivity index (χ0v) is 11.6. The molecular formula is C13H21N3O2. The number of aromatic nitrogens is 2. The van der Waals surface area contributed by atoms with E-state index < -0.39 is 12.0 Å². The second-order valence-corrected chi connectivity index (χ2v) is 5.12. The third-order valence-corrected chi connectivity index (χ3v) is 2.68. The predicted octanol–water partition coefficient (Wildman–Crippen LogP) is 2.43. The number of anilines is 1. The van der Waals surface area contributed by atoms with Gasteiger partial charge in [-0.25, -0.2) is 14.8 Å². The molecular weight excluding hydrogens is 230 g/mol. The van der Waals surface area contributed by atoms with Gasteiger partial charge in [-0.3, -0.25) is 0 Å². The van der Waals surface area contributed by atoms with Gasteiger partial charge in [-0.1, -0.05) is 27.7 Å². The summed E-state index contributed by atoms with van der Waals surface area (Å²) >= 11 is 0. The number of nitrogens with zero attached hydrogens (tertiary/aromatic N) is 2. The number of hydrogen-bond donors (Lipinski definition) is 2. The van der Waals surface area contributed by atoms with Crippen molar-refractivity contribution >= 4 is 11.9 Å². The average Bonchev–Trinajstić information content (AvgIpc) is 2.24. The summed E-state index contributed by atoms with van der Waals surface area (Å²) in [5.74, 6) is -0.246. The minimum atomic E-state index is -0.888. The van der Waals surface area contributed by atoms with E-state index in [1.807, 2.05) is 40.7 Å². The molecule has 0 saturated carbocycles. The fourth-order valence-electron chi connectivity index (χ4n) is 1.61. The van der Waals surface area contributed by atoms with Crippen molar-refractivity contribution in [1.82, 2.24) is 9.97 Å². The molecule has 0 aromatic carbocycles. The maximum Gasteiger partial charge on any atom is 0.326 e. The van der Waals surface area contributed by atoms with Crippen molar-refractivity contribution in [1.29, 1.82) is 0 Å². The van der Waals surface area contributed by atoms with Crippen molar-refractivity contribution in [2.24, 2.45) is 5.92 Å². The molecule has 0 radical (unpaired) electrons. The van der Waals surface area contributed by atoms with Gasteiger partial charge >= 0.3 is 5.97 Å². The van der Waals surface area contributed by atoms with Crippen LogP contribution in [0, 0.1) is 12.8 Å². The Morgan fingerprint density at radius 1 is 1.28 bits per heavy atom. The summed E-state index contributed by atoms with van der Waals surface area (Å²) in [6.45, 7) is 9.67. The molecule has 5 heteroatoms. The molecule has 0 aliphatic rings. The van der Waals surface area contributed by atoms with Gasteiger partial charge in [0.25, 0.3) is 0 Å². The third-order valence-electron chi connectivity index (χ3n) is 2.68. The molecule has 1 rings (SSSR count). The molecule has 0 saturated heterocycles. The number of carboxylic acid groups (broad SMARTS) is 1. The van der Waals surface area contributed by atoms with Gasteiger partial charge < -0.3 is 10.4 Å². The lowest BCUT2D eigenvalue weighted by Gasteiger charge is -2.18. The first-order chi connectivity index (χ1) is 8.31. The van der Waals surface area contributed by atoms with Crippen molar-refractivity contribution in [2.75, 3.05) is 5.32 Å². The molecule has 100 valence electrons. The van der Waals surface area contributed by atoms with Crippen LogP contribution in [-0.2, 0) is 4.79 Å². The number of aryl methyl sites for hydroxylation is 1. The minimum absolute atomic E-state index is 0.0332. The van der Waals surface area contributed by atoms with Gasteiger partial charge in [0.1, 0.15) is 6.04 Å². The number of nitrogens with one attached hydrogen (secondary N) is 1. The quantitative estimate of drug-likeness (QED) is 0.840. The molecule has 1 atom stereocenters. The molecule has 0 bridgehead atoms. The zero-order chi connectivity index (χ0) is 13.9. The molecule has 0 spiro atoms. The largest absolute Gasteiger partial charge is 0.480 e. The van der Waals surface area contributed by atoms with Gasteiger partial charge in [0.2, 0.25) is 5.95 Å². The summed E-state index contributed by atoms with van der Waals surface area (Å²) in [6, 6.07) is 1.24. The topological polar surface area (TPSA) is 75.1 Å². The SMILES string of the molecule is Cc1cc(C(C)C)nc(NC(C(=O)O)C(C)C)n1. The second-order valence-electron chi connectivity index (χ2n) is 5.12.